The molecular formula is C12H15N5O2. The summed E-state index contributed by atoms with van der Waals surface area (Å²) >= 11 is 0. The number of amides is 1. The number of nitrogens with zero attached hydrogens (tertiary/aromatic N) is 3. The Morgan fingerprint density at radius 2 is 2.11 bits per heavy atom. The average molecular weight is 261 g/mol. The third-order valence-corrected chi connectivity index (χ3v) is 2.60. The minimum absolute atomic E-state index is 0.221. The highest BCUT2D eigenvalue weighted by molar-refractivity contribution is 5.92. The molecule has 0 spiro atoms. The van der Waals surface area contributed by atoms with Gasteiger partial charge < -0.3 is 15.1 Å². The van der Waals surface area contributed by atoms with Gasteiger partial charge >= 0.3 is 0 Å². The molecule has 0 saturated carbocycles. The van der Waals surface area contributed by atoms with Gasteiger partial charge in [0.2, 0.25) is 5.89 Å². The zero-order valence-electron chi connectivity index (χ0n) is 11.0. The Morgan fingerprint density at radius 1 is 1.32 bits per heavy atom. The molecule has 0 bridgehead atoms. The lowest BCUT2D eigenvalue weighted by atomic mass is 10.4. The standard InChI is InChI=1S/C12H15N5O2/c1-7-8(2)19-11(16-7)6-15-12(18)9-4-14-5-10(13-3)17-9/h4-5H,6H2,1-3H3,(H,13,17)(H,15,18). The number of carbonyl (C=O) groups is 1. The maximum absolute atomic E-state index is 11.9. The molecule has 2 rings (SSSR count). The Balaban J connectivity index is 2.00. The molecule has 1 amide bonds. The fourth-order valence-corrected chi connectivity index (χ4v) is 1.46. The Kier molecular flexibility index (Phi) is 3.74. The molecule has 7 heteroatoms. The molecule has 0 aliphatic carbocycles. The molecule has 0 aromatic carbocycles. The molecule has 0 aliphatic rings. The van der Waals surface area contributed by atoms with E-state index in [4.69, 9.17) is 4.42 Å². The van der Waals surface area contributed by atoms with Crippen LogP contribution in [0.1, 0.15) is 27.8 Å². The number of nitrogens with one attached hydrogen (secondary N) is 2. The van der Waals surface area contributed by atoms with E-state index in [0.717, 1.165) is 11.5 Å². The van der Waals surface area contributed by atoms with E-state index in [-0.39, 0.29) is 18.1 Å². The summed E-state index contributed by atoms with van der Waals surface area (Å²) in [7, 11) is 1.71. The van der Waals surface area contributed by atoms with Gasteiger partial charge in [-0.05, 0) is 13.8 Å². The minimum Gasteiger partial charge on any atom is -0.444 e. The van der Waals surface area contributed by atoms with E-state index in [2.05, 4.69) is 25.6 Å². The first-order valence-corrected chi connectivity index (χ1v) is 5.81. The molecule has 2 heterocycles. The minimum atomic E-state index is -0.321. The van der Waals surface area contributed by atoms with Crippen molar-refractivity contribution in [3.05, 3.63) is 35.4 Å². The lowest BCUT2D eigenvalue weighted by molar-refractivity contribution is 0.0942. The first-order valence-electron chi connectivity index (χ1n) is 5.81. The van der Waals surface area contributed by atoms with Crippen molar-refractivity contribution in [3.8, 4) is 0 Å². The molecule has 100 valence electrons. The highest BCUT2D eigenvalue weighted by Gasteiger charge is 2.11. The number of oxazole rings is 1. The molecule has 0 unspecified atom stereocenters. The molecule has 0 radical (unpaired) electrons. The molecule has 0 atom stereocenters. The van der Waals surface area contributed by atoms with Crippen LogP contribution in [0.4, 0.5) is 5.82 Å². The third kappa shape index (κ3) is 3.06. The summed E-state index contributed by atoms with van der Waals surface area (Å²) in [5, 5.41) is 5.50. The normalized spacial score (nSPS) is 10.3. The maximum Gasteiger partial charge on any atom is 0.272 e. The number of aryl methyl sites for hydroxylation is 2. The maximum atomic E-state index is 11.9. The number of rotatable bonds is 4. The predicted octanol–water partition coefficient (Wildman–Crippen LogP) is 1.05. The fourth-order valence-electron chi connectivity index (χ4n) is 1.46. The van der Waals surface area contributed by atoms with E-state index in [9.17, 15) is 4.79 Å². The zero-order chi connectivity index (χ0) is 13.8. The lowest BCUT2D eigenvalue weighted by Crippen LogP contribution is -2.24. The van der Waals surface area contributed by atoms with Crippen molar-refractivity contribution in [1.29, 1.82) is 0 Å². The van der Waals surface area contributed by atoms with E-state index < -0.39 is 0 Å². The summed E-state index contributed by atoms with van der Waals surface area (Å²) in [6.45, 7) is 3.90. The molecule has 0 saturated heterocycles. The van der Waals surface area contributed by atoms with Gasteiger partial charge in [-0.3, -0.25) is 9.78 Å². The van der Waals surface area contributed by atoms with Crippen LogP contribution in [-0.2, 0) is 6.54 Å². The monoisotopic (exact) mass is 261 g/mol. The molecule has 19 heavy (non-hydrogen) atoms. The van der Waals surface area contributed by atoms with Gasteiger partial charge in [-0.2, -0.15) is 0 Å². The van der Waals surface area contributed by atoms with Crippen molar-refractivity contribution in [2.24, 2.45) is 0 Å². The van der Waals surface area contributed by atoms with Crippen molar-refractivity contribution in [3.63, 3.8) is 0 Å². The van der Waals surface area contributed by atoms with Crippen LogP contribution in [0.5, 0.6) is 0 Å². The van der Waals surface area contributed by atoms with E-state index in [1.807, 2.05) is 13.8 Å². The topological polar surface area (TPSA) is 92.9 Å². The van der Waals surface area contributed by atoms with Gasteiger partial charge in [0.15, 0.2) is 0 Å². The predicted molar refractivity (Wildman–Crippen MR) is 68.7 cm³/mol. The van der Waals surface area contributed by atoms with Crippen LogP contribution in [0.25, 0.3) is 0 Å². The summed E-state index contributed by atoms with van der Waals surface area (Å²) in [6.07, 6.45) is 2.94. The van der Waals surface area contributed by atoms with Crippen LogP contribution in [-0.4, -0.2) is 27.9 Å². The highest BCUT2D eigenvalue weighted by Crippen LogP contribution is 2.08. The molecule has 2 aromatic rings. The number of hydrogen-bond acceptors (Lipinski definition) is 6. The van der Waals surface area contributed by atoms with Gasteiger partial charge in [0, 0.05) is 7.05 Å². The fraction of sp³-hybridized carbons (Fsp3) is 0.333. The summed E-state index contributed by atoms with van der Waals surface area (Å²) in [6, 6.07) is 0. The Hall–Kier alpha value is -2.44. The van der Waals surface area contributed by atoms with Crippen LogP contribution in [0, 0.1) is 13.8 Å². The van der Waals surface area contributed by atoms with E-state index in [0.29, 0.717) is 11.7 Å². The van der Waals surface area contributed by atoms with Gasteiger partial charge in [-0.25, -0.2) is 9.97 Å². The van der Waals surface area contributed by atoms with E-state index >= 15 is 0 Å². The van der Waals surface area contributed by atoms with Crippen molar-refractivity contribution in [2.45, 2.75) is 20.4 Å². The first-order chi connectivity index (χ1) is 9.10. The smallest absolute Gasteiger partial charge is 0.272 e. The van der Waals surface area contributed by atoms with Gasteiger partial charge in [0.1, 0.15) is 17.3 Å². The van der Waals surface area contributed by atoms with Crippen LogP contribution >= 0.6 is 0 Å². The average Bonchev–Trinajstić information content (AvgIpc) is 2.75. The lowest BCUT2D eigenvalue weighted by Gasteiger charge is -2.03. The molecule has 0 fully saturated rings. The molecular weight excluding hydrogens is 246 g/mol. The second-order valence-corrected chi connectivity index (χ2v) is 3.97. The Bertz CT molecular complexity index is 574. The molecule has 0 aliphatic heterocycles. The second-order valence-electron chi connectivity index (χ2n) is 3.97. The second kappa shape index (κ2) is 5.47. The van der Waals surface area contributed by atoms with Gasteiger partial charge in [-0.15, -0.1) is 0 Å². The van der Waals surface area contributed by atoms with Gasteiger partial charge in [0.25, 0.3) is 5.91 Å². The number of carbonyl (C=O) groups excluding carboxylic acids is 1. The molecule has 2 aromatic heterocycles. The Labute approximate surface area is 110 Å². The quantitative estimate of drug-likeness (QED) is 0.854. The molecule has 7 nitrogen and oxygen atoms in total. The van der Waals surface area contributed by atoms with Crippen molar-refractivity contribution < 1.29 is 9.21 Å². The summed E-state index contributed by atoms with van der Waals surface area (Å²) in [5.74, 6) is 1.44. The van der Waals surface area contributed by atoms with Crippen LogP contribution < -0.4 is 10.6 Å². The summed E-state index contributed by atoms with van der Waals surface area (Å²) in [5.41, 5.74) is 1.06. The Morgan fingerprint density at radius 3 is 2.74 bits per heavy atom. The van der Waals surface area contributed by atoms with Crippen LogP contribution in [0.3, 0.4) is 0 Å². The number of aromatic nitrogens is 3. The van der Waals surface area contributed by atoms with Gasteiger partial charge in [-0.1, -0.05) is 0 Å². The number of anilines is 1. The zero-order valence-corrected chi connectivity index (χ0v) is 11.0. The van der Waals surface area contributed by atoms with Gasteiger partial charge in [0.05, 0.1) is 24.6 Å². The van der Waals surface area contributed by atoms with Crippen molar-refractivity contribution in [1.82, 2.24) is 20.3 Å². The SMILES string of the molecule is CNc1cncc(C(=O)NCc2nc(C)c(C)o2)n1. The summed E-state index contributed by atoms with van der Waals surface area (Å²) < 4.78 is 5.37. The van der Waals surface area contributed by atoms with Crippen molar-refractivity contribution in [2.75, 3.05) is 12.4 Å². The van der Waals surface area contributed by atoms with E-state index in [1.165, 1.54) is 12.4 Å². The summed E-state index contributed by atoms with van der Waals surface area (Å²) in [4.78, 5) is 24.1. The largest absolute Gasteiger partial charge is 0.444 e. The first kappa shape index (κ1) is 13.0. The van der Waals surface area contributed by atoms with Crippen LogP contribution in [0.2, 0.25) is 0 Å². The van der Waals surface area contributed by atoms with E-state index in [1.54, 1.807) is 7.05 Å². The molecule has 2 N–H and O–H groups in total. The third-order valence-electron chi connectivity index (χ3n) is 2.60. The van der Waals surface area contributed by atoms with Crippen molar-refractivity contribution >= 4 is 11.7 Å². The number of hydrogen-bond donors (Lipinski definition) is 2. The van der Waals surface area contributed by atoms with Crippen LogP contribution in [0.15, 0.2) is 16.8 Å². The highest BCUT2D eigenvalue weighted by atomic mass is 16.4.